The van der Waals surface area contributed by atoms with Gasteiger partial charge in [-0.1, -0.05) is 60.7 Å². The second-order valence-corrected chi connectivity index (χ2v) is 8.35. The average Bonchev–Trinajstić information content (AvgIpc) is 3.13. The van der Waals surface area contributed by atoms with Crippen molar-refractivity contribution in [3.05, 3.63) is 107 Å². The van der Waals surface area contributed by atoms with Gasteiger partial charge in [0.25, 0.3) is 0 Å². The molecule has 0 unspecified atom stereocenters. The molecule has 3 aromatic carbocycles. The van der Waals surface area contributed by atoms with E-state index in [1.165, 1.54) is 17.2 Å². The zero-order valence-corrected chi connectivity index (χ0v) is 17.7. The summed E-state index contributed by atoms with van der Waals surface area (Å²) < 4.78 is 16.1. The molecule has 0 amide bonds. The average molecular weight is 429 g/mol. The molecule has 0 fully saturated rings. The van der Waals surface area contributed by atoms with Crippen LogP contribution < -0.4 is 5.32 Å². The zero-order valence-electron chi connectivity index (χ0n) is 17.7. The summed E-state index contributed by atoms with van der Waals surface area (Å²) in [6.07, 6.45) is 3.21. The van der Waals surface area contributed by atoms with E-state index in [1.807, 2.05) is 24.3 Å². The summed E-state index contributed by atoms with van der Waals surface area (Å²) >= 11 is 0. The fourth-order valence-corrected chi connectivity index (χ4v) is 4.95. The lowest BCUT2D eigenvalue weighted by Gasteiger charge is -2.26. The minimum Gasteiger partial charge on any atom is -0.477 e. The summed E-state index contributed by atoms with van der Waals surface area (Å²) in [5, 5.41) is 14.7. The van der Waals surface area contributed by atoms with Crippen molar-refractivity contribution in [2.45, 2.75) is 38.4 Å². The lowest BCUT2D eigenvalue weighted by molar-refractivity contribution is 0.0684. The van der Waals surface area contributed by atoms with Gasteiger partial charge in [-0.25, -0.2) is 9.18 Å². The number of aryl methyl sites for hydroxylation is 1. The summed E-state index contributed by atoms with van der Waals surface area (Å²) in [4.78, 5) is 12.4. The fourth-order valence-electron chi connectivity index (χ4n) is 4.95. The first-order chi connectivity index (χ1) is 15.6. The third-order valence-corrected chi connectivity index (χ3v) is 6.46. The minimum atomic E-state index is -1.00. The summed E-state index contributed by atoms with van der Waals surface area (Å²) in [6, 6.07) is 22.8. The predicted octanol–water partition coefficient (Wildman–Crippen LogP) is 5.69. The first-order valence-corrected chi connectivity index (χ1v) is 11.0. The molecule has 162 valence electrons. The number of nitrogens with one attached hydrogen (secondary N) is 1. The van der Waals surface area contributed by atoms with Crippen LogP contribution in [-0.2, 0) is 19.5 Å². The zero-order chi connectivity index (χ0) is 22.1. The number of hydrogen-bond acceptors (Lipinski definition) is 2. The Morgan fingerprint density at radius 3 is 2.62 bits per heavy atom. The molecule has 0 saturated heterocycles. The van der Waals surface area contributed by atoms with Crippen LogP contribution in [0.2, 0.25) is 0 Å². The van der Waals surface area contributed by atoms with Gasteiger partial charge < -0.3 is 15.0 Å². The van der Waals surface area contributed by atoms with Gasteiger partial charge in [0.05, 0.1) is 6.54 Å². The first kappa shape index (κ1) is 20.5. The molecule has 1 aliphatic rings. The lowest BCUT2D eigenvalue weighted by Crippen LogP contribution is -2.25. The van der Waals surface area contributed by atoms with E-state index in [9.17, 15) is 14.3 Å². The second kappa shape index (κ2) is 8.60. The van der Waals surface area contributed by atoms with Crippen LogP contribution in [0, 0.1) is 5.82 Å². The number of carbonyl (C=O) groups is 1. The van der Waals surface area contributed by atoms with Crippen LogP contribution >= 0.6 is 0 Å². The molecule has 1 atom stereocenters. The Bertz CT molecular complexity index is 1290. The number of hydrogen-bond donors (Lipinski definition) is 2. The van der Waals surface area contributed by atoms with Crippen LogP contribution in [0.4, 0.5) is 4.39 Å². The summed E-state index contributed by atoms with van der Waals surface area (Å²) in [6.45, 7) is 0.604. The summed E-state index contributed by atoms with van der Waals surface area (Å²) in [5.41, 5.74) is 4.88. The van der Waals surface area contributed by atoms with Crippen molar-refractivity contribution >= 4 is 16.9 Å². The van der Waals surface area contributed by atoms with E-state index in [-0.39, 0.29) is 24.1 Å². The molecule has 0 radical (unpaired) electrons. The van der Waals surface area contributed by atoms with E-state index in [4.69, 9.17) is 0 Å². The number of carboxylic acid groups (broad SMARTS) is 1. The highest BCUT2D eigenvalue weighted by atomic mass is 19.1. The van der Waals surface area contributed by atoms with E-state index in [0.29, 0.717) is 12.1 Å². The highest BCUT2D eigenvalue weighted by molar-refractivity contribution is 5.98. The Morgan fingerprint density at radius 1 is 1.03 bits per heavy atom. The predicted molar refractivity (Wildman–Crippen MR) is 123 cm³/mol. The molecule has 4 aromatic rings. The number of aromatic carboxylic acids is 1. The third kappa shape index (κ3) is 3.69. The quantitative estimate of drug-likeness (QED) is 0.415. The number of benzene rings is 3. The van der Waals surface area contributed by atoms with Gasteiger partial charge in [0.2, 0.25) is 0 Å². The minimum absolute atomic E-state index is 0.168. The largest absolute Gasteiger partial charge is 0.477 e. The first-order valence-electron chi connectivity index (χ1n) is 11.0. The van der Waals surface area contributed by atoms with Gasteiger partial charge in [-0.2, -0.15) is 0 Å². The lowest BCUT2D eigenvalue weighted by atomic mass is 9.87. The molecule has 1 heterocycles. The maximum atomic E-state index is 14.4. The standard InChI is InChI=1S/C27H25FN2O2/c28-23-13-5-2-9-19(23)17-30-25-15-6-4-12-21(25)22(26(30)27(31)32)16-29-24-14-7-10-18-8-1-3-11-20(18)24/h1-6,8-9,11-13,15,24,29H,7,10,14,16-17H2,(H,31,32)/t24-/m0/s1. The van der Waals surface area contributed by atoms with Crippen LogP contribution in [0.3, 0.4) is 0 Å². The van der Waals surface area contributed by atoms with E-state index in [0.717, 1.165) is 35.7 Å². The number of halogens is 1. The van der Waals surface area contributed by atoms with Crippen LogP contribution in [0.5, 0.6) is 0 Å². The van der Waals surface area contributed by atoms with E-state index >= 15 is 0 Å². The fraction of sp³-hybridized carbons (Fsp3) is 0.222. The molecule has 5 heteroatoms. The number of carboxylic acids is 1. The summed E-state index contributed by atoms with van der Waals surface area (Å²) in [5.74, 6) is -1.33. The molecule has 5 rings (SSSR count). The van der Waals surface area contributed by atoms with Crippen molar-refractivity contribution in [1.29, 1.82) is 0 Å². The molecular formula is C27H25FN2O2. The van der Waals surface area contributed by atoms with Crippen LogP contribution in [-0.4, -0.2) is 15.6 Å². The number of para-hydroxylation sites is 1. The Hall–Kier alpha value is -3.44. The number of fused-ring (bicyclic) bond motifs is 2. The van der Waals surface area contributed by atoms with Gasteiger partial charge in [-0.3, -0.25) is 0 Å². The highest BCUT2D eigenvalue weighted by Gasteiger charge is 2.25. The smallest absolute Gasteiger partial charge is 0.352 e. The molecule has 0 aliphatic heterocycles. The Morgan fingerprint density at radius 2 is 1.78 bits per heavy atom. The van der Waals surface area contributed by atoms with Crippen molar-refractivity contribution in [3.8, 4) is 0 Å². The van der Waals surface area contributed by atoms with Gasteiger partial charge in [-0.05, 0) is 42.5 Å². The molecule has 0 spiro atoms. The van der Waals surface area contributed by atoms with Gasteiger partial charge in [0.15, 0.2) is 0 Å². The van der Waals surface area contributed by atoms with Crippen molar-refractivity contribution in [1.82, 2.24) is 9.88 Å². The van der Waals surface area contributed by atoms with Gasteiger partial charge in [0.1, 0.15) is 11.5 Å². The topological polar surface area (TPSA) is 54.3 Å². The van der Waals surface area contributed by atoms with Crippen molar-refractivity contribution in [2.24, 2.45) is 0 Å². The maximum absolute atomic E-state index is 14.4. The number of aromatic nitrogens is 1. The van der Waals surface area contributed by atoms with Crippen molar-refractivity contribution < 1.29 is 14.3 Å². The van der Waals surface area contributed by atoms with Crippen LogP contribution in [0.25, 0.3) is 10.9 Å². The highest BCUT2D eigenvalue weighted by Crippen LogP contribution is 2.32. The Labute approximate surface area is 186 Å². The molecular weight excluding hydrogens is 403 g/mol. The number of rotatable bonds is 6. The molecule has 2 N–H and O–H groups in total. The van der Waals surface area contributed by atoms with Gasteiger partial charge in [-0.15, -0.1) is 0 Å². The van der Waals surface area contributed by atoms with E-state index < -0.39 is 5.97 Å². The van der Waals surface area contributed by atoms with Crippen molar-refractivity contribution in [2.75, 3.05) is 0 Å². The molecule has 1 aromatic heterocycles. The maximum Gasteiger partial charge on any atom is 0.352 e. The molecule has 0 bridgehead atoms. The van der Waals surface area contributed by atoms with Crippen molar-refractivity contribution in [3.63, 3.8) is 0 Å². The Kier molecular flexibility index (Phi) is 5.50. The summed E-state index contributed by atoms with van der Waals surface area (Å²) in [7, 11) is 0. The van der Waals surface area contributed by atoms with E-state index in [1.54, 1.807) is 22.8 Å². The van der Waals surface area contributed by atoms with Gasteiger partial charge in [0, 0.05) is 34.6 Å². The van der Waals surface area contributed by atoms with Crippen LogP contribution in [0.1, 0.15) is 51.6 Å². The van der Waals surface area contributed by atoms with Gasteiger partial charge >= 0.3 is 5.97 Å². The SMILES string of the molecule is O=C(O)c1c(CN[C@H]2CCCc3ccccc32)c2ccccc2n1Cc1ccccc1F. The Balaban J connectivity index is 1.54. The normalized spacial score (nSPS) is 15.6. The molecule has 1 aliphatic carbocycles. The second-order valence-electron chi connectivity index (χ2n) is 8.35. The molecule has 32 heavy (non-hydrogen) atoms. The van der Waals surface area contributed by atoms with Crippen LogP contribution in [0.15, 0.2) is 72.8 Å². The number of nitrogens with zero attached hydrogens (tertiary/aromatic N) is 1. The monoisotopic (exact) mass is 428 g/mol. The third-order valence-electron chi connectivity index (χ3n) is 6.46. The van der Waals surface area contributed by atoms with E-state index in [2.05, 4.69) is 29.6 Å². The molecule has 0 saturated carbocycles. The molecule has 4 nitrogen and oxygen atoms in total.